The Morgan fingerprint density at radius 2 is 1.78 bits per heavy atom. The Hall–Kier alpha value is -2.25. The van der Waals surface area contributed by atoms with Crippen LogP contribution >= 0.6 is 0 Å². The van der Waals surface area contributed by atoms with Gasteiger partial charge in [-0.2, -0.15) is 0 Å². The molecule has 6 nitrogen and oxygen atoms in total. The van der Waals surface area contributed by atoms with Gasteiger partial charge in [0.2, 0.25) is 0 Å². The van der Waals surface area contributed by atoms with E-state index in [1.165, 1.54) is 0 Å². The van der Waals surface area contributed by atoms with Crippen molar-refractivity contribution in [3.05, 3.63) is 71.3 Å². The molecule has 27 heavy (non-hydrogen) atoms. The Morgan fingerprint density at radius 3 is 2.52 bits per heavy atom. The maximum atomic E-state index is 12.4. The zero-order valence-corrected chi connectivity index (χ0v) is 15.0. The first-order chi connectivity index (χ1) is 13.1. The molecule has 2 aromatic rings. The van der Waals surface area contributed by atoms with E-state index in [2.05, 4.69) is 0 Å². The number of aliphatic hydroxyl groups excluding tert-OH is 1. The third kappa shape index (κ3) is 3.89. The number of aliphatic hydroxyl groups is 1. The minimum absolute atomic E-state index is 0.0999. The summed E-state index contributed by atoms with van der Waals surface area (Å²) in [6.45, 7) is 2.35. The van der Waals surface area contributed by atoms with Crippen LogP contribution in [0.5, 0.6) is 0 Å². The number of benzene rings is 2. The molecule has 0 aliphatic carbocycles. The number of rotatable bonds is 3. The summed E-state index contributed by atoms with van der Waals surface area (Å²) in [5.74, 6) is -0.493. The minimum Gasteiger partial charge on any atom is -0.453 e. The summed E-state index contributed by atoms with van der Waals surface area (Å²) in [6.07, 6.45) is -3.40. The van der Waals surface area contributed by atoms with Crippen molar-refractivity contribution in [2.75, 3.05) is 13.2 Å². The third-order valence-electron chi connectivity index (χ3n) is 4.87. The molecule has 2 aliphatic rings. The molecule has 6 heteroatoms. The lowest BCUT2D eigenvalue weighted by Crippen LogP contribution is -2.59. The van der Waals surface area contributed by atoms with Gasteiger partial charge in [0, 0.05) is 5.56 Å². The number of esters is 1. The summed E-state index contributed by atoms with van der Waals surface area (Å²) in [6, 6.07) is 16.6. The molecule has 2 aromatic carbocycles. The van der Waals surface area contributed by atoms with Crippen molar-refractivity contribution in [3.63, 3.8) is 0 Å². The van der Waals surface area contributed by atoms with Crippen molar-refractivity contribution in [2.45, 2.75) is 37.6 Å². The van der Waals surface area contributed by atoms with Crippen LogP contribution in [0.15, 0.2) is 54.6 Å². The van der Waals surface area contributed by atoms with Crippen LogP contribution in [0.4, 0.5) is 0 Å². The largest absolute Gasteiger partial charge is 0.453 e. The molecule has 0 amide bonds. The number of fused-ring (bicyclic) bond motifs is 1. The summed E-state index contributed by atoms with van der Waals surface area (Å²) >= 11 is 0. The van der Waals surface area contributed by atoms with Crippen molar-refractivity contribution in [2.24, 2.45) is 0 Å². The number of hydrogen-bond acceptors (Lipinski definition) is 6. The van der Waals surface area contributed by atoms with Crippen LogP contribution in [0.2, 0.25) is 0 Å². The van der Waals surface area contributed by atoms with Crippen LogP contribution < -0.4 is 0 Å². The van der Waals surface area contributed by atoms with Gasteiger partial charge in [0.15, 0.2) is 12.4 Å². The van der Waals surface area contributed by atoms with E-state index in [-0.39, 0.29) is 6.61 Å². The van der Waals surface area contributed by atoms with E-state index in [1.54, 1.807) is 12.1 Å². The highest BCUT2D eigenvalue weighted by Gasteiger charge is 2.46. The van der Waals surface area contributed by atoms with Crippen molar-refractivity contribution in [1.82, 2.24) is 0 Å². The maximum absolute atomic E-state index is 12.4. The lowest BCUT2D eigenvalue weighted by Gasteiger charge is -2.44. The predicted molar refractivity (Wildman–Crippen MR) is 96.1 cm³/mol. The van der Waals surface area contributed by atoms with Gasteiger partial charge in [0.25, 0.3) is 0 Å². The molecule has 2 heterocycles. The van der Waals surface area contributed by atoms with E-state index in [1.807, 2.05) is 49.4 Å². The molecule has 2 fully saturated rings. The van der Waals surface area contributed by atoms with Crippen LogP contribution in [0.25, 0.3) is 0 Å². The van der Waals surface area contributed by atoms with Gasteiger partial charge >= 0.3 is 5.97 Å². The van der Waals surface area contributed by atoms with Crippen LogP contribution in [-0.4, -0.2) is 48.7 Å². The Labute approximate surface area is 157 Å². The lowest BCUT2D eigenvalue weighted by atomic mass is 9.98. The average Bonchev–Trinajstić information content (AvgIpc) is 2.71. The first kappa shape index (κ1) is 18.1. The normalized spacial score (nSPS) is 30.4. The molecule has 0 saturated carbocycles. The number of carbonyl (C=O) groups excluding carboxylic acids is 1. The van der Waals surface area contributed by atoms with E-state index >= 15 is 0 Å². The fourth-order valence-electron chi connectivity index (χ4n) is 3.30. The second-order valence-corrected chi connectivity index (χ2v) is 6.85. The summed E-state index contributed by atoms with van der Waals surface area (Å²) in [7, 11) is 0. The van der Waals surface area contributed by atoms with E-state index in [4.69, 9.17) is 18.9 Å². The molecule has 142 valence electrons. The van der Waals surface area contributed by atoms with Crippen LogP contribution in [0, 0.1) is 6.92 Å². The molecule has 1 N–H and O–H groups in total. The van der Waals surface area contributed by atoms with E-state index in [0.717, 1.165) is 11.1 Å². The van der Waals surface area contributed by atoms with Gasteiger partial charge in [-0.3, -0.25) is 0 Å². The smallest absolute Gasteiger partial charge is 0.338 e. The van der Waals surface area contributed by atoms with E-state index in [0.29, 0.717) is 12.2 Å². The topological polar surface area (TPSA) is 74.2 Å². The van der Waals surface area contributed by atoms with Crippen molar-refractivity contribution >= 4 is 5.97 Å². The Balaban J connectivity index is 1.43. The Bertz CT molecular complexity index is 775. The molecular weight excluding hydrogens is 348 g/mol. The molecule has 0 spiro atoms. The van der Waals surface area contributed by atoms with Crippen LogP contribution in [0.1, 0.15) is 27.8 Å². The Morgan fingerprint density at radius 1 is 1.04 bits per heavy atom. The second-order valence-electron chi connectivity index (χ2n) is 6.85. The first-order valence-corrected chi connectivity index (χ1v) is 9.01. The molecule has 0 aromatic heterocycles. The molecule has 4 rings (SSSR count). The summed E-state index contributed by atoms with van der Waals surface area (Å²) in [5, 5.41) is 10.7. The van der Waals surface area contributed by atoms with Gasteiger partial charge in [-0.1, -0.05) is 48.0 Å². The fourth-order valence-corrected chi connectivity index (χ4v) is 3.30. The number of hydrogen-bond donors (Lipinski definition) is 1. The van der Waals surface area contributed by atoms with Gasteiger partial charge in [0.1, 0.15) is 18.3 Å². The monoisotopic (exact) mass is 370 g/mol. The predicted octanol–water partition coefficient (Wildman–Crippen LogP) is 2.39. The van der Waals surface area contributed by atoms with Gasteiger partial charge in [-0.15, -0.1) is 0 Å². The SMILES string of the molecule is Cc1ccc(C(=O)OC2COC3COC(c4ccccc4)O[C@H]3[C@@H]2O)cc1. The summed E-state index contributed by atoms with van der Waals surface area (Å²) in [4.78, 5) is 12.4. The number of carbonyl (C=O) groups is 1. The summed E-state index contributed by atoms with van der Waals surface area (Å²) < 4.78 is 22.8. The standard InChI is InChI=1S/C21H22O6/c1-13-7-9-14(10-8-13)20(23)26-16-11-24-17-12-25-21(27-19(17)18(16)22)15-5-3-2-4-6-15/h2-10,16-19,21-22H,11-12H2,1H3/t16?,17?,18-,19-,21?/m1/s1. The lowest BCUT2D eigenvalue weighted by molar-refractivity contribution is -0.313. The zero-order chi connectivity index (χ0) is 18.8. The molecule has 2 saturated heterocycles. The van der Waals surface area contributed by atoms with E-state index < -0.39 is 36.7 Å². The highest BCUT2D eigenvalue weighted by molar-refractivity contribution is 5.89. The minimum atomic E-state index is -0.992. The van der Waals surface area contributed by atoms with Crippen molar-refractivity contribution in [1.29, 1.82) is 0 Å². The molecule has 5 atom stereocenters. The number of aryl methyl sites for hydroxylation is 1. The maximum Gasteiger partial charge on any atom is 0.338 e. The van der Waals surface area contributed by atoms with Crippen LogP contribution in [-0.2, 0) is 18.9 Å². The highest BCUT2D eigenvalue weighted by Crippen LogP contribution is 2.33. The van der Waals surface area contributed by atoms with Gasteiger partial charge in [-0.25, -0.2) is 4.79 Å². The second kappa shape index (κ2) is 7.78. The van der Waals surface area contributed by atoms with Gasteiger partial charge in [-0.05, 0) is 19.1 Å². The Kier molecular flexibility index (Phi) is 5.22. The van der Waals surface area contributed by atoms with E-state index in [9.17, 15) is 9.90 Å². The fraction of sp³-hybridized carbons (Fsp3) is 0.381. The number of ether oxygens (including phenoxy) is 4. The first-order valence-electron chi connectivity index (χ1n) is 9.01. The quantitative estimate of drug-likeness (QED) is 0.837. The molecule has 3 unspecified atom stereocenters. The van der Waals surface area contributed by atoms with Gasteiger partial charge < -0.3 is 24.1 Å². The highest BCUT2D eigenvalue weighted by atomic mass is 16.7. The molecule has 0 bridgehead atoms. The van der Waals surface area contributed by atoms with Gasteiger partial charge in [0.05, 0.1) is 18.8 Å². The van der Waals surface area contributed by atoms with Crippen LogP contribution in [0.3, 0.4) is 0 Å². The average molecular weight is 370 g/mol. The zero-order valence-electron chi connectivity index (χ0n) is 15.0. The molecular formula is C21H22O6. The molecule has 0 radical (unpaired) electrons. The molecule has 2 aliphatic heterocycles. The van der Waals surface area contributed by atoms with Crippen molar-refractivity contribution < 1.29 is 28.8 Å². The van der Waals surface area contributed by atoms with Crippen molar-refractivity contribution in [3.8, 4) is 0 Å². The summed E-state index contributed by atoms with van der Waals surface area (Å²) in [5.41, 5.74) is 2.35. The third-order valence-corrected chi connectivity index (χ3v) is 4.87.